The molecule has 4 heterocycles. The van der Waals surface area contributed by atoms with Crippen LogP contribution in [0.4, 0.5) is 5.69 Å². The quantitative estimate of drug-likeness (QED) is 0.0607. The van der Waals surface area contributed by atoms with Gasteiger partial charge < -0.3 is 58.0 Å². The Hall–Kier alpha value is -6.01. The van der Waals surface area contributed by atoms with Crippen molar-refractivity contribution in [2.24, 2.45) is 29.6 Å². The number of nitrogens with one attached hydrogen (secondary N) is 1. The minimum atomic E-state index is -2.06. The van der Waals surface area contributed by atoms with Crippen LogP contribution in [-0.2, 0) is 28.5 Å². The lowest BCUT2D eigenvalue weighted by Gasteiger charge is -2.44. The number of ketones is 1. The van der Waals surface area contributed by atoms with E-state index >= 15 is 0 Å². The van der Waals surface area contributed by atoms with Crippen molar-refractivity contribution < 1.29 is 67.0 Å². The Labute approximate surface area is 408 Å². The molecule has 4 N–H and O–H groups in total. The summed E-state index contributed by atoms with van der Waals surface area (Å²) in [7, 11) is 1.49. The molecular weight excluding hydrogens is 903 g/mol. The van der Waals surface area contributed by atoms with Gasteiger partial charge in [-0.3, -0.25) is 19.2 Å². The van der Waals surface area contributed by atoms with Crippen molar-refractivity contribution in [3.8, 4) is 34.5 Å². The number of morpholine rings is 1. The van der Waals surface area contributed by atoms with E-state index in [0.717, 1.165) is 17.6 Å². The average molecular weight is 971 g/mol. The highest BCUT2D eigenvalue weighted by Gasteiger charge is 2.50. The summed E-state index contributed by atoms with van der Waals surface area (Å²) >= 11 is 0. The minimum Gasteiger partial charge on any atom is -0.507 e. The summed E-state index contributed by atoms with van der Waals surface area (Å²) in [6, 6.07) is 3.25. The van der Waals surface area contributed by atoms with Crippen LogP contribution in [0.25, 0.3) is 33.3 Å². The highest BCUT2D eigenvalue weighted by molar-refractivity contribution is 6.22. The maximum absolute atomic E-state index is 14.9. The first-order valence-electron chi connectivity index (χ1n) is 24.1. The van der Waals surface area contributed by atoms with Gasteiger partial charge in [-0.2, -0.15) is 0 Å². The number of rotatable bonds is 7. The van der Waals surface area contributed by atoms with Crippen molar-refractivity contribution in [1.82, 2.24) is 4.98 Å². The molecule has 0 radical (unpaired) electrons. The van der Waals surface area contributed by atoms with Gasteiger partial charge in [0, 0.05) is 61.4 Å². The molecule has 4 bridgehead atoms. The normalized spacial score (nSPS) is 29.4. The van der Waals surface area contributed by atoms with Crippen LogP contribution in [0.3, 0.4) is 0 Å². The van der Waals surface area contributed by atoms with E-state index in [1.54, 1.807) is 31.2 Å². The highest BCUT2D eigenvalue weighted by atomic mass is 16.7. The predicted octanol–water partition coefficient (Wildman–Crippen LogP) is 7.56. The van der Waals surface area contributed by atoms with Crippen LogP contribution < -0.4 is 20.2 Å². The van der Waals surface area contributed by atoms with Gasteiger partial charge in [0.25, 0.3) is 11.7 Å². The number of nitrogens with zero attached hydrogens (tertiary/aromatic N) is 2. The number of quaternary nitrogens is 1. The lowest BCUT2D eigenvalue weighted by molar-refractivity contribution is -0.954. The van der Waals surface area contributed by atoms with E-state index in [4.69, 9.17) is 37.8 Å². The number of fused-ring (bicyclic) bond motifs is 2. The molecule has 4 aliphatic heterocycles. The van der Waals surface area contributed by atoms with E-state index in [9.17, 15) is 34.5 Å². The zero-order valence-corrected chi connectivity index (χ0v) is 42.2. The average Bonchev–Trinajstić information content (AvgIpc) is 3.59. The van der Waals surface area contributed by atoms with Gasteiger partial charge in [-0.1, -0.05) is 52.8 Å². The van der Waals surface area contributed by atoms with Gasteiger partial charge in [0.15, 0.2) is 11.3 Å². The third kappa shape index (κ3) is 9.60. The molecule has 1 amide bonds. The second kappa shape index (κ2) is 20.4. The molecule has 9 atom stereocenters. The number of anilines is 1. The molecule has 70 heavy (non-hydrogen) atoms. The topological polar surface area (TPSA) is 222 Å². The number of aliphatic hydroxyl groups excluding tert-OH is 1. The standard InChI is InChI=1S/C53H67N3O14/c1-26(2)56(17-21-65-22-18-56)19-23-66-35-24-36(58)42-38(25-35)69-50-43(54-42)39-40-46(60)33(9)49-41(39)51(62)53(11,70-49)67-20-16-37(64-12)32(8)48(68-34(10)57)31(7)29(5)30(6)45(59)27(3)14-13-15-28(4)52(63)55-44(50)47(40)61/h13-16,20,24-27,29-32,37,45,48,59H,17-19,21-23H2,1-12H3,(H2-,54,55,58,60,61,62,63)/p+1/b14-13+,20-16+,28-15-/t27-,29+,30-,31+,32+,37-,45-,48-,53-/m0/s1. The number of aliphatic hydroxyl groups is 1. The Balaban J connectivity index is 1.40. The molecule has 17 nitrogen and oxygen atoms in total. The first-order valence-corrected chi connectivity index (χ1v) is 24.1. The molecule has 17 heteroatoms. The summed E-state index contributed by atoms with van der Waals surface area (Å²) in [6.45, 7) is 23.6. The number of Topliss-reactive ketones (excluding diaryl/α,β-unsaturated/α-hetero) is 1. The Morgan fingerprint density at radius 1 is 0.986 bits per heavy atom. The molecule has 0 spiro atoms. The molecule has 0 saturated carbocycles. The number of aromatic nitrogens is 1. The van der Waals surface area contributed by atoms with E-state index < -0.39 is 58.9 Å². The number of phenolic OH excluding ortho intramolecular Hbond substituents is 2. The zero-order valence-electron chi connectivity index (χ0n) is 42.2. The van der Waals surface area contributed by atoms with Crippen molar-refractivity contribution in [1.29, 1.82) is 0 Å². The third-order valence-electron chi connectivity index (χ3n) is 15.2. The lowest BCUT2D eigenvalue weighted by Crippen LogP contribution is -2.60. The summed E-state index contributed by atoms with van der Waals surface area (Å²) in [6.07, 6.45) is 5.57. The van der Waals surface area contributed by atoms with Gasteiger partial charge in [0.1, 0.15) is 72.2 Å². The second-order valence-electron chi connectivity index (χ2n) is 19.8. The largest absolute Gasteiger partial charge is 0.507 e. The summed E-state index contributed by atoms with van der Waals surface area (Å²) in [5, 5.41) is 37.2. The van der Waals surface area contributed by atoms with Gasteiger partial charge in [-0.15, -0.1) is 0 Å². The van der Waals surface area contributed by atoms with E-state index in [-0.39, 0.29) is 96.6 Å². The predicted molar refractivity (Wildman–Crippen MR) is 262 cm³/mol. The van der Waals surface area contributed by atoms with E-state index in [1.807, 2.05) is 34.6 Å². The smallest absolute Gasteiger partial charge is 0.312 e. The molecule has 7 rings (SSSR count). The van der Waals surface area contributed by atoms with Crippen molar-refractivity contribution in [2.45, 2.75) is 106 Å². The van der Waals surface area contributed by atoms with Crippen LogP contribution in [0.2, 0.25) is 0 Å². The summed E-state index contributed by atoms with van der Waals surface area (Å²) in [4.78, 5) is 61.2. The van der Waals surface area contributed by atoms with E-state index in [1.165, 1.54) is 46.3 Å². The van der Waals surface area contributed by atoms with Gasteiger partial charge in [0.05, 0.1) is 48.7 Å². The molecule has 1 saturated heterocycles. The van der Waals surface area contributed by atoms with Crippen molar-refractivity contribution in [3.05, 3.63) is 69.6 Å². The van der Waals surface area contributed by atoms with E-state index in [0.29, 0.717) is 32.4 Å². The molecule has 1 aliphatic carbocycles. The van der Waals surface area contributed by atoms with Crippen LogP contribution in [0.15, 0.2) is 57.5 Å². The number of hydrogen-bond acceptors (Lipinski definition) is 15. The zero-order chi connectivity index (χ0) is 51.1. The Bertz CT molecular complexity index is 2790. The van der Waals surface area contributed by atoms with Crippen molar-refractivity contribution >= 4 is 45.2 Å². The number of amides is 1. The number of benzene rings is 3. The molecular formula is C53H68N3O14+. The fraction of sp³-hybridized carbons (Fsp3) is 0.528. The number of carbonyl (C=O) groups is 3. The summed E-state index contributed by atoms with van der Waals surface area (Å²) in [5.74, 6) is -6.50. The number of allylic oxidation sites excluding steroid dienone is 2. The number of aromatic hydroxyl groups is 2. The van der Waals surface area contributed by atoms with Crippen molar-refractivity contribution in [2.75, 3.05) is 51.9 Å². The maximum Gasteiger partial charge on any atom is 0.312 e. The molecule has 2 aromatic rings. The van der Waals surface area contributed by atoms with Gasteiger partial charge >= 0.3 is 11.8 Å². The fourth-order valence-electron chi connectivity index (χ4n) is 10.2. The fourth-order valence-corrected chi connectivity index (χ4v) is 10.2. The monoisotopic (exact) mass is 970 g/mol. The lowest BCUT2D eigenvalue weighted by atomic mass is 9.73. The van der Waals surface area contributed by atoms with Gasteiger partial charge in [-0.25, -0.2) is 4.98 Å². The number of hydrogen-bond donors (Lipinski definition) is 4. The van der Waals surface area contributed by atoms with Crippen LogP contribution in [-0.4, -0.2) is 119 Å². The SMILES string of the molecule is CO[C@H]1/C=C/O[C@@]2(C)Oc3c(C)c(O)c4c(=O)c(c5oc6cc(OCC[N+]7(C(C)C)CCOCC7)cc(O)c6nc-5c4c3C2=O)NC(=O)/C(C)=C\C=C\[C@H](C)[C@H](O)[C@@H](C)[C@@H](C)[C@@H](C)[C@H](OC(C)=O)[C@@H]1C. The number of methoxy groups -OCH3 is 1. The Morgan fingerprint density at radius 2 is 1.69 bits per heavy atom. The molecule has 378 valence electrons. The summed E-state index contributed by atoms with van der Waals surface area (Å²) in [5.41, 5.74) is -1.43. The van der Waals surface area contributed by atoms with Crippen LogP contribution in [0.1, 0.15) is 85.2 Å². The molecule has 2 aromatic carbocycles. The molecule has 0 unspecified atom stereocenters. The molecule has 0 aromatic heterocycles. The van der Waals surface area contributed by atoms with Crippen LogP contribution in [0, 0.1) is 36.5 Å². The Kier molecular flexibility index (Phi) is 15.1. The van der Waals surface area contributed by atoms with Gasteiger partial charge in [0.2, 0.25) is 5.43 Å². The number of esters is 1. The highest BCUT2D eigenvalue weighted by Crippen LogP contribution is 2.51. The second-order valence-corrected chi connectivity index (χ2v) is 19.8. The number of ether oxygens (including phenoxy) is 6. The van der Waals surface area contributed by atoms with E-state index in [2.05, 4.69) is 19.2 Å². The first-order chi connectivity index (χ1) is 33.0. The summed E-state index contributed by atoms with van der Waals surface area (Å²) < 4.78 is 43.3. The first kappa shape index (κ1) is 51.8. The molecule has 1 fully saturated rings. The third-order valence-corrected chi connectivity index (χ3v) is 15.2. The minimum absolute atomic E-state index is 0.00329. The van der Waals surface area contributed by atoms with Gasteiger partial charge in [-0.05, 0) is 51.5 Å². The molecule has 5 aliphatic rings. The van der Waals surface area contributed by atoms with Crippen LogP contribution in [0.5, 0.6) is 23.0 Å². The van der Waals surface area contributed by atoms with Crippen molar-refractivity contribution in [3.63, 3.8) is 0 Å². The maximum atomic E-state index is 14.9. The van der Waals surface area contributed by atoms with Crippen LogP contribution >= 0.6 is 0 Å². The number of carbonyl (C=O) groups excluding carboxylic acids is 3. The number of phenols is 2. The Morgan fingerprint density at radius 3 is 2.34 bits per heavy atom.